The molecule has 1 aliphatic rings. The molecule has 3 atom stereocenters. The van der Waals surface area contributed by atoms with Gasteiger partial charge in [0.05, 0.1) is 18.7 Å². The minimum atomic E-state index is -0.751. The van der Waals surface area contributed by atoms with Gasteiger partial charge < -0.3 is 19.8 Å². The van der Waals surface area contributed by atoms with Gasteiger partial charge in [-0.15, -0.1) is 11.8 Å². The number of carbonyl (C=O) groups is 1. The van der Waals surface area contributed by atoms with Crippen LogP contribution in [0, 0.1) is 11.8 Å². The number of aliphatic hydroxyl groups is 1. The number of rotatable bonds is 12. The molecule has 1 fully saturated rings. The van der Waals surface area contributed by atoms with Crippen LogP contribution in [-0.2, 0) is 4.79 Å². The summed E-state index contributed by atoms with van der Waals surface area (Å²) in [7, 11) is 1.62. The maximum Gasteiger partial charge on any atom is 0.303 e. The van der Waals surface area contributed by atoms with Crippen LogP contribution in [0.4, 0.5) is 0 Å². The van der Waals surface area contributed by atoms with Crippen molar-refractivity contribution in [3.8, 4) is 5.75 Å². The third-order valence-electron chi connectivity index (χ3n) is 6.99. The first-order valence-corrected chi connectivity index (χ1v) is 13.4. The summed E-state index contributed by atoms with van der Waals surface area (Å²) < 4.78 is 5.35. The molecule has 3 heterocycles. The number of fused-ring (bicyclic) bond motifs is 1. The summed E-state index contributed by atoms with van der Waals surface area (Å²) in [6.07, 6.45) is 9.81. The van der Waals surface area contributed by atoms with Gasteiger partial charge in [-0.25, -0.2) is 9.97 Å². The van der Waals surface area contributed by atoms with E-state index in [1.54, 1.807) is 25.1 Å². The minimum absolute atomic E-state index is 0.0907. The Morgan fingerprint density at radius 1 is 1.25 bits per heavy atom. The molecule has 0 amide bonds. The maximum absolute atomic E-state index is 11.6. The van der Waals surface area contributed by atoms with Crippen molar-refractivity contribution >= 4 is 28.6 Å². The number of carboxylic acids is 1. The Kier molecular flexibility index (Phi) is 9.49. The van der Waals surface area contributed by atoms with Crippen molar-refractivity contribution < 1.29 is 19.7 Å². The summed E-state index contributed by atoms with van der Waals surface area (Å²) in [6.45, 7) is 2.71. The van der Waals surface area contributed by atoms with Gasteiger partial charge in [0.15, 0.2) is 0 Å². The number of likely N-dealkylation sites (tertiary alicyclic amines) is 1. The lowest BCUT2D eigenvalue weighted by Crippen LogP contribution is -2.42. The molecule has 2 aromatic heterocycles. The number of hydrogen-bond acceptors (Lipinski definition) is 8. The Morgan fingerprint density at radius 3 is 2.86 bits per heavy atom. The van der Waals surface area contributed by atoms with Gasteiger partial charge in [0.1, 0.15) is 12.1 Å². The molecule has 1 aliphatic heterocycles. The van der Waals surface area contributed by atoms with Crippen LogP contribution in [0.5, 0.6) is 5.75 Å². The quantitative estimate of drug-likeness (QED) is 0.270. The average Bonchev–Trinajstić information content (AvgIpc) is 2.90. The van der Waals surface area contributed by atoms with Crippen molar-refractivity contribution in [3.63, 3.8) is 0 Å². The number of nitrogens with zero attached hydrogens (tertiary/aromatic N) is 4. The normalized spacial score (nSPS) is 19.3. The Labute approximate surface area is 216 Å². The van der Waals surface area contributed by atoms with Gasteiger partial charge in [-0.3, -0.25) is 9.78 Å². The molecule has 36 heavy (non-hydrogen) atoms. The number of piperidine rings is 1. The van der Waals surface area contributed by atoms with E-state index in [1.165, 1.54) is 6.33 Å². The van der Waals surface area contributed by atoms with Crippen molar-refractivity contribution in [2.24, 2.45) is 11.8 Å². The van der Waals surface area contributed by atoms with E-state index in [-0.39, 0.29) is 18.3 Å². The van der Waals surface area contributed by atoms with Crippen LogP contribution in [0.3, 0.4) is 0 Å². The predicted octanol–water partition coefficient (Wildman–Crippen LogP) is 4.44. The van der Waals surface area contributed by atoms with E-state index in [9.17, 15) is 15.0 Å². The highest BCUT2D eigenvalue weighted by atomic mass is 32.2. The molecule has 192 valence electrons. The van der Waals surface area contributed by atoms with Gasteiger partial charge in [-0.05, 0) is 86.2 Å². The van der Waals surface area contributed by atoms with E-state index in [1.807, 2.05) is 36.7 Å². The smallest absolute Gasteiger partial charge is 0.303 e. The number of aliphatic carboxylic acids is 1. The second kappa shape index (κ2) is 13.0. The van der Waals surface area contributed by atoms with Crippen molar-refractivity contribution in [2.45, 2.75) is 43.1 Å². The molecule has 1 aromatic carbocycles. The second-order valence-corrected chi connectivity index (χ2v) is 10.5. The summed E-state index contributed by atoms with van der Waals surface area (Å²) in [6, 6.07) is 7.54. The summed E-state index contributed by atoms with van der Waals surface area (Å²) in [5.41, 5.74) is 1.66. The number of pyridine rings is 1. The van der Waals surface area contributed by atoms with Gasteiger partial charge >= 0.3 is 5.97 Å². The Bertz CT molecular complexity index is 1130. The zero-order valence-corrected chi connectivity index (χ0v) is 21.4. The third kappa shape index (κ3) is 7.15. The van der Waals surface area contributed by atoms with Crippen molar-refractivity contribution in [1.29, 1.82) is 0 Å². The van der Waals surface area contributed by atoms with Gasteiger partial charge in [-0.2, -0.15) is 0 Å². The number of aliphatic hydroxyl groups excluding tert-OH is 1. The van der Waals surface area contributed by atoms with Crippen molar-refractivity contribution in [1.82, 2.24) is 19.9 Å². The zero-order valence-electron chi connectivity index (χ0n) is 20.6. The number of carboxylic acid groups (broad SMARTS) is 1. The summed E-state index contributed by atoms with van der Waals surface area (Å²) in [5.74, 6) is 1.33. The van der Waals surface area contributed by atoms with Gasteiger partial charge in [0.25, 0.3) is 0 Å². The van der Waals surface area contributed by atoms with Crippen LogP contribution in [-0.4, -0.2) is 68.5 Å². The zero-order chi connectivity index (χ0) is 25.3. The van der Waals surface area contributed by atoms with Crippen molar-refractivity contribution in [3.05, 3.63) is 54.7 Å². The number of ether oxygens (including phenoxy) is 1. The fourth-order valence-electron chi connectivity index (χ4n) is 5.12. The third-order valence-corrected chi connectivity index (χ3v) is 8.03. The number of methoxy groups -OCH3 is 1. The predicted molar refractivity (Wildman–Crippen MR) is 140 cm³/mol. The average molecular weight is 511 g/mol. The van der Waals surface area contributed by atoms with E-state index in [0.29, 0.717) is 6.42 Å². The van der Waals surface area contributed by atoms with Crippen LogP contribution in [0.1, 0.15) is 43.8 Å². The number of aromatic nitrogens is 3. The Hall–Kier alpha value is -2.75. The lowest BCUT2D eigenvalue weighted by Gasteiger charge is -2.38. The molecule has 0 spiro atoms. The van der Waals surface area contributed by atoms with Gasteiger partial charge in [0.2, 0.25) is 0 Å². The van der Waals surface area contributed by atoms with Crippen molar-refractivity contribution in [2.75, 3.05) is 32.5 Å². The lowest BCUT2D eigenvalue weighted by atomic mass is 9.79. The molecule has 1 saturated heterocycles. The summed E-state index contributed by atoms with van der Waals surface area (Å²) >= 11 is 1.75. The molecular weight excluding hydrogens is 476 g/mol. The molecular formula is C27H34N4O4S. The van der Waals surface area contributed by atoms with E-state index >= 15 is 0 Å². The lowest BCUT2D eigenvalue weighted by molar-refractivity contribution is -0.139. The highest BCUT2D eigenvalue weighted by Crippen LogP contribution is 2.35. The number of benzene rings is 1. The fourth-order valence-corrected chi connectivity index (χ4v) is 5.90. The minimum Gasteiger partial charge on any atom is -0.497 e. The molecule has 0 saturated carbocycles. The SMILES string of the molecule is COc1ccc2nccc([C@H](O)CC[C@@H]3CCN(CCCSc4cncnc4)C[C@@H]3CC(=O)O)c2c1. The summed E-state index contributed by atoms with van der Waals surface area (Å²) in [4.78, 5) is 27.6. The van der Waals surface area contributed by atoms with E-state index in [4.69, 9.17) is 4.74 Å². The molecule has 0 aliphatic carbocycles. The fraction of sp³-hybridized carbons (Fsp3) is 0.481. The van der Waals surface area contributed by atoms with E-state index in [2.05, 4.69) is 19.9 Å². The summed E-state index contributed by atoms with van der Waals surface area (Å²) in [5, 5.41) is 21.5. The topological polar surface area (TPSA) is 109 Å². The van der Waals surface area contributed by atoms with Gasteiger partial charge in [-0.1, -0.05) is 0 Å². The first-order valence-electron chi connectivity index (χ1n) is 12.5. The molecule has 2 N–H and O–H groups in total. The highest BCUT2D eigenvalue weighted by Gasteiger charge is 2.31. The van der Waals surface area contributed by atoms with Crippen LogP contribution in [0.2, 0.25) is 0 Å². The van der Waals surface area contributed by atoms with Crippen LogP contribution in [0.15, 0.2) is 54.1 Å². The number of thioether (sulfide) groups is 1. The molecule has 4 rings (SSSR count). The van der Waals surface area contributed by atoms with E-state index in [0.717, 1.165) is 71.8 Å². The molecule has 0 unspecified atom stereocenters. The largest absolute Gasteiger partial charge is 0.497 e. The first-order chi connectivity index (χ1) is 17.5. The molecule has 9 heteroatoms. The van der Waals surface area contributed by atoms with Crippen LogP contribution >= 0.6 is 11.8 Å². The molecule has 3 aromatic rings. The van der Waals surface area contributed by atoms with Gasteiger partial charge in [0, 0.05) is 41.8 Å². The Balaban J connectivity index is 1.31. The highest BCUT2D eigenvalue weighted by molar-refractivity contribution is 7.99. The standard InChI is InChI=1S/C27H34N4O4S/c1-35-21-4-5-25-24(14-21)23(7-9-30-25)26(32)6-3-19-8-11-31(17-20(19)13-27(33)34)10-2-12-36-22-15-28-18-29-16-22/h4-5,7,9,14-16,18-20,26,32H,2-3,6,8,10-13,17H2,1H3,(H,33,34)/t19-,20+,26-/m1/s1. The van der Waals surface area contributed by atoms with Crippen LogP contribution in [0.25, 0.3) is 10.9 Å². The van der Waals surface area contributed by atoms with E-state index < -0.39 is 12.1 Å². The maximum atomic E-state index is 11.6. The Morgan fingerprint density at radius 2 is 2.08 bits per heavy atom. The first kappa shape index (κ1) is 26.3. The molecule has 0 bridgehead atoms. The second-order valence-electron chi connectivity index (χ2n) is 9.36. The molecule has 8 nitrogen and oxygen atoms in total. The van der Waals surface area contributed by atoms with Crippen LogP contribution < -0.4 is 4.74 Å². The molecule has 0 radical (unpaired) electrons. The number of hydrogen-bond donors (Lipinski definition) is 2. The monoisotopic (exact) mass is 510 g/mol.